The van der Waals surface area contributed by atoms with Crippen molar-refractivity contribution in [2.24, 2.45) is 5.73 Å². The molecule has 0 heterocycles. The van der Waals surface area contributed by atoms with Gasteiger partial charge in [0, 0.05) is 0 Å². The van der Waals surface area contributed by atoms with Crippen LogP contribution in [0.1, 0.15) is 51.5 Å². The predicted molar refractivity (Wildman–Crippen MR) is 89.0 cm³/mol. The van der Waals surface area contributed by atoms with Gasteiger partial charge in [0.15, 0.2) is 0 Å². The van der Waals surface area contributed by atoms with Gasteiger partial charge in [-0.2, -0.15) is 0 Å². The van der Waals surface area contributed by atoms with Gasteiger partial charge in [-0.1, -0.05) is 44.7 Å². The molecule has 4 heteroatoms. The Morgan fingerprint density at radius 1 is 1.09 bits per heavy atom. The van der Waals surface area contributed by atoms with Crippen LogP contribution in [0.2, 0.25) is 0 Å². The molecule has 0 aliphatic carbocycles. The zero-order valence-electron chi connectivity index (χ0n) is 13.8. The van der Waals surface area contributed by atoms with Crippen LogP contribution in [-0.2, 0) is 16.0 Å². The van der Waals surface area contributed by atoms with E-state index in [-0.39, 0.29) is 5.97 Å². The molecule has 2 N–H and O–H groups in total. The zero-order valence-corrected chi connectivity index (χ0v) is 13.8. The lowest BCUT2D eigenvalue weighted by Gasteiger charge is -2.11. The van der Waals surface area contributed by atoms with Crippen molar-refractivity contribution in [3.05, 3.63) is 29.8 Å². The monoisotopic (exact) mass is 307 g/mol. The van der Waals surface area contributed by atoms with Crippen molar-refractivity contribution >= 4 is 5.97 Å². The highest BCUT2D eigenvalue weighted by atomic mass is 16.5. The minimum absolute atomic E-state index is 0.352. The first-order chi connectivity index (χ1) is 10.7. The summed E-state index contributed by atoms with van der Waals surface area (Å²) in [6.07, 6.45) is 6.64. The molecule has 1 rings (SSSR count). The van der Waals surface area contributed by atoms with Crippen LogP contribution in [0.4, 0.5) is 0 Å². The summed E-state index contributed by atoms with van der Waals surface area (Å²) in [6.45, 7) is 5.11. The zero-order chi connectivity index (χ0) is 16.2. The Morgan fingerprint density at radius 3 is 2.41 bits per heavy atom. The molecule has 0 bridgehead atoms. The average molecular weight is 307 g/mol. The molecule has 0 saturated heterocycles. The van der Waals surface area contributed by atoms with Crippen molar-refractivity contribution in [2.45, 2.75) is 58.4 Å². The molecule has 0 saturated carbocycles. The molecular formula is C18H29NO3. The highest BCUT2D eigenvalue weighted by Crippen LogP contribution is 2.14. The molecule has 0 aromatic heterocycles. The Kier molecular flexibility index (Phi) is 9.31. The SMILES string of the molecule is CCCCCCCOc1ccc(CC(N)C(=O)OCC)cc1. The summed E-state index contributed by atoms with van der Waals surface area (Å²) in [5.41, 5.74) is 6.82. The maximum Gasteiger partial charge on any atom is 0.323 e. The van der Waals surface area contributed by atoms with Crippen LogP contribution < -0.4 is 10.5 Å². The molecule has 124 valence electrons. The van der Waals surface area contributed by atoms with E-state index in [1.807, 2.05) is 24.3 Å². The molecule has 1 aromatic carbocycles. The third-order valence-electron chi connectivity index (χ3n) is 3.48. The summed E-state index contributed by atoms with van der Waals surface area (Å²) in [6, 6.07) is 7.15. The number of esters is 1. The standard InChI is InChI=1S/C18H29NO3/c1-3-5-6-7-8-13-22-16-11-9-15(10-12-16)14-17(19)18(20)21-4-2/h9-12,17H,3-8,13-14,19H2,1-2H3. The Bertz CT molecular complexity index is 417. The molecule has 0 aliphatic rings. The van der Waals surface area contributed by atoms with Crippen LogP contribution in [0.25, 0.3) is 0 Å². The van der Waals surface area contributed by atoms with E-state index in [0.717, 1.165) is 24.3 Å². The number of rotatable bonds is 11. The van der Waals surface area contributed by atoms with Crippen LogP contribution in [0.3, 0.4) is 0 Å². The molecule has 1 unspecified atom stereocenters. The molecule has 22 heavy (non-hydrogen) atoms. The first-order valence-electron chi connectivity index (χ1n) is 8.31. The molecule has 0 radical (unpaired) electrons. The number of hydrogen-bond donors (Lipinski definition) is 1. The van der Waals surface area contributed by atoms with Gasteiger partial charge in [-0.25, -0.2) is 0 Å². The quantitative estimate of drug-likeness (QED) is 0.502. The second-order valence-corrected chi connectivity index (χ2v) is 5.47. The molecule has 0 aliphatic heterocycles. The number of carbonyl (C=O) groups is 1. The van der Waals surface area contributed by atoms with Crippen molar-refractivity contribution in [2.75, 3.05) is 13.2 Å². The minimum Gasteiger partial charge on any atom is -0.494 e. The lowest BCUT2D eigenvalue weighted by atomic mass is 10.1. The van der Waals surface area contributed by atoms with Gasteiger partial charge in [0.05, 0.1) is 13.2 Å². The van der Waals surface area contributed by atoms with Gasteiger partial charge < -0.3 is 15.2 Å². The van der Waals surface area contributed by atoms with Gasteiger partial charge in [0.25, 0.3) is 0 Å². The van der Waals surface area contributed by atoms with Crippen LogP contribution in [-0.4, -0.2) is 25.2 Å². The molecule has 4 nitrogen and oxygen atoms in total. The number of hydrogen-bond acceptors (Lipinski definition) is 4. The lowest BCUT2D eigenvalue weighted by molar-refractivity contribution is -0.144. The van der Waals surface area contributed by atoms with Crippen LogP contribution in [0, 0.1) is 0 Å². The molecule has 0 amide bonds. The average Bonchev–Trinajstić information content (AvgIpc) is 2.52. The second kappa shape index (κ2) is 11.1. The number of benzene rings is 1. The summed E-state index contributed by atoms with van der Waals surface area (Å²) in [5.74, 6) is 0.513. The Hall–Kier alpha value is -1.55. The van der Waals surface area contributed by atoms with E-state index in [4.69, 9.17) is 15.2 Å². The molecular weight excluding hydrogens is 278 g/mol. The summed E-state index contributed by atoms with van der Waals surface area (Å²) >= 11 is 0. The normalized spacial score (nSPS) is 12.0. The van der Waals surface area contributed by atoms with Crippen molar-refractivity contribution in [3.8, 4) is 5.75 Å². The fourth-order valence-corrected chi connectivity index (χ4v) is 2.20. The van der Waals surface area contributed by atoms with Crippen LogP contribution in [0.5, 0.6) is 5.75 Å². The number of carbonyl (C=O) groups excluding carboxylic acids is 1. The van der Waals surface area contributed by atoms with Crippen LogP contribution in [0.15, 0.2) is 24.3 Å². The van der Waals surface area contributed by atoms with Gasteiger partial charge in [0.1, 0.15) is 11.8 Å². The van der Waals surface area contributed by atoms with Crippen molar-refractivity contribution in [3.63, 3.8) is 0 Å². The predicted octanol–water partition coefficient (Wildman–Crippen LogP) is 3.47. The molecule has 1 atom stereocenters. The third-order valence-corrected chi connectivity index (χ3v) is 3.48. The van der Waals surface area contributed by atoms with Gasteiger partial charge in [-0.05, 0) is 37.5 Å². The van der Waals surface area contributed by atoms with E-state index in [1.54, 1.807) is 6.92 Å². The first kappa shape index (κ1) is 18.5. The number of unbranched alkanes of at least 4 members (excludes halogenated alkanes) is 4. The number of ether oxygens (including phenoxy) is 2. The third kappa shape index (κ3) is 7.46. The summed E-state index contributed by atoms with van der Waals surface area (Å²) in [4.78, 5) is 11.5. The Labute approximate surface area is 134 Å². The van der Waals surface area contributed by atoms with Gasteiger partial charge in [-0.15, -0.1) is 0 Å². The smallest absolute Gasteiger partial charge is 0.323 e. The van der Waals surface area contributed by atoms with Gasteiger partial charge in [0.2, 0.25) is 0 Å². The summed E-state index contributed by atoms with van der Waals surface area (Å²) in [7, 11) is 0. The fourth-order valence-electron chi connectivity index (χ4n) is 2.20. The van der Waals surface area contributed by atoms with Crippen molar-refractivity contribution in [1.82, 2.24) is 0 Å². The van der Waals surface area contributed by atoms with E-state index >= 15 is 0 Å². The fraction of sp³-hybridized carbons (Fsp3) is 0.611. The summed E-state index contributed by atoms with van der Waals surface area (Å²) in [5, 5.41) is 0. The van der Waals surface area contributed by atoms with Crippen molar-refractivity contribution < 1.29 is 14.3 Å². The Morgan fingerprint density at radius 2 is 1.77 bits per heavy atom. The molecule has 0 spiro atoms. The topological polar surface area (TPSA) is 61.5 Å². The maximum absolute atomic E-state index is 11.5. The van der Waals surface area contributed by atoms with E-state index < -0.39 is 6.04 Å². The first-order valence-corrected chi connectivity index (χ1v) is 8.31. The van der Waals surface area contributed by atoms with E-state index in [1.165, 1.54) is 25.7 Å². The lowest BCUT2D eigenvalue weighted by Crippen LogP contribution is -2.34. The largest absolute Gasteiger partial charge is 0.494 e. The highest BCUT2D eigenvalue weighted by molar-refractivity contribution is 5.75. The van der Waals surface area contributed by atoms with E-state index in [9.17, 15) is 4.79 Å². The number of nitrogens with two attached hydrogens (primary N) is 1. The van der Waals surface area contributed by atoms with E-state index in [2.05, 4.69) is 6.92 Å². The van der Waals surface area contributed by atoms with Crippen LogP contribution >= 0.6 is 0 Å². The molecule has 0 fully saturated rings. The van der Waals surface area contributed by atoms with Gasteiger partial charge in [-0.3, -0.25) is 4.79 Å². The van der Waals surface area contributed by atoms with Crippen molar-refractivity contribution in [1.29, 1.82) is 0 Å². The maximum atomic E-state index is 11.5. The molecule has 1 aromatic rings. The van der Waals surface area contributed by atoms with E-state index in [0.29, 0.717) is 13.0 Å². The highest BCUT2D eigenvalue weighted by Gasteiger charge is 2.14. The van der Waals surface area contributed by atoms with Gasteiger partial charge >= 0.3 is 5.97 Å². The summed E-state index contributed by atoms with van der Waals surface area (Å²) < 4.78 is 10.6. The minimum atomic E-state index is -0.606. The Balaban J connectivity index is 2.29. The second-order valence-electron chi connectivity index (χ2n) is 5.47.